The summed E-state index contributed by atoms with van der Waals surface area (Å²) in [6.45, 7) is 5.60. The molecule has 1 saturated heterocycles. The molecule has 2 aromatic rings. The van der Waals surface area contributed by atoms with Gasteiger partial charge in [0, 0.05) is 47.3 Å². The highest BCUT2D eigenvalue weighted by molar-refractivity contribution is 6.36. The van der Waals surface area contributed by atoms with Crippen LogP contribution >= 0.6 is 11.6 Å². The number of nitrogens with zero attached hydrogens (tertiary/aromatic N) is 2. The second-order valence-corrected chi connectivity index (χ2v) is 9.41. The van der Waals surface area contributed by atoms with Gasteiger partial charge in [0.15, 0.2) is 5.78 Å². The van der Waals surface area contributed by atoms with Gasteiger partial charge in [0.2, 0.25) is 0 Å². The van der Waals surface area contributed by atoms with Crippen LogP contribution in [-0.4, -0.2) is 78.3 Å². The summed E-state index contributed by atoms with van der Waals surface area (Å²) in [7, 11) is 0. The van der Waals surface area contributed by atoms with Crippen LogP contribution in [0.15, 0.2) is 18.2 Å². The highest BCUT2D eigenvalue weighted by Gasteiger charge is 2.30. The van der Waals surface area contributed by atoms with Crippen LogP contribution in [-0.2, 0) is 20.7 Å². The van der Waals surface area contributed by atoms with E-state index in [0.717, 1.165) is 42.0 Å². The number of aromatic nitrogens is 1. The predicted molar refractivity (Wildman–Crippen MR) is 130 cm³/mol. The molecule has 0 radical (unpaired) electrons. The van der Waals surface area contributed by atoms with Gasteiger partial charge in [-0.15, -0.1) is 0 Å². The Bertz CT molecular complexity index is 1200. The monoisotopic (exact) mass is 482 g/mol. The van der Waals surface area contributed by atoms with Crippen LogP contribution in [0.4, 0.5) is 5.69 Å². The van der Waals surface area contributed by atoms with Crippen LogP contribution in [0.3, 0.4) is 0 Å². The normalized spacial score (nSPS) is 19.7. The third-order valence-corrected chi connectivity index (χ3v) is 6.88. The van der Waals surface area contributed by atoms with Crippen molar-refractivity contribution in [3.05, 3.63) is 51.3 Å². The number of carbonyl (C=O) groups is 3. The van der Waals surface area contributed by atoms with E-state index in [4.69, 9.17) is 16.3 Å². The molecule has 0 bridgehead atoms. The number of carbonyl (C=O) groups excluding carboxylic acids is 3. The van der Waals surface area contributed by atoms with E-state index in [1.165, 1.54) is 0 Å². The van der Waals surface area contributed by atoms with E-state index in [1.54, 1.807) is 29.2 Å². The number of Topliss-reactive ketones (excluding diaryl/α,β-unsaturated/α-hetero) is 1. The lowest BCUT2D eigenvalue weighted by Crippen LogP contribution is -2.43. The van der Waals surface area contributed by atoms with Crippen molar-refractivity contribution in [2.75, 3.05) is 51.3 Å². The van der Waals surface area contributed by atoms with Gasteiger partial charge >= 0.3 is 0 Å². The number of morpholine rings is 1. The molecule has 3 aliphatic heterocycles. The Kier molecular flexibility index (Phi) is 6.29. The van der Waals surface area contributed by atoms with Crippen LogP contribution in [0.2, 0.25) is 5.02 Å². The van der Waals surface area contributed by atoms with E-state index in [9.17, 15) is 14.4 Å². The van der Waals surface area contributed by atoms with Gasteiger partial charge < -0.3 is 19.9 Å². The number of amides is 2. The Hall–Kier alpha value is -2.94. The summed E-state index contributed by atoms with van der Waals surface area (Å²) in [5.74, 6) is -0.311. The smallest absolute Gasteiger partial charge is 0.256 e. The third kappa shape index (κ3) is 4.41. The second-order valence-electron chi connectivity index (χ2n) is 8.98. The molecule has 4 heterocycles. The SMILES string of the molecule is Cc1c(/C=C2\C(=O)Nc3ccc(Cl)cc32)[nH]c2c1C(=O)N(CC(=O)CN1CCOCC1)CCC2. The minimum Gasteiger partial charge on any atom is -0.379 e. The van der Waals surface area contributed by atoms with Crippen molar-refractivity contribution in [2.24, 2.45) is 0 Å². The van der Waals surface area contributed by atoms with Crippen molar-refractivity contribution in [1.29, 1.82) is 0 Å². The van der Waals surface area contributed by atoms with Crippen LogP contribution in [0.5, 0.6) is 0 Å². The average molecular weight is 483 g/mol. The number of aryl methyl sites for hydroxylation is 1. The minimum atomic E-state index is -0.205. The number of hydrogen-bond acceptors (Lipinski definition) is 5. The zero-order chi connectivity index (χ0) is 23.8. The van der Waals surface area contributed by atoms with Gasteiger partial charge in [0.1, 0.15) is 0 Å². The first-order valence-corrected chi connectivity index (χ1v) is 11.9. The summed E-state index contributed by atoms with van der Waals surface area (Å²) in [6, 6.07) is 5.28. The van der Waals surface area contributed by atoms with Crippen LogP contribution < -0.4 is 5.32 Å². The average Bonchev–Trinajstić information content (AvgIpc) is 3.23. The molecule has 0 unspecified atom stereocenters. The lowest BCUT2D eigenvalue weighted by Gasteiger charge is -2.27. The Balaban J connectivity index is 1.38. The lowest BCUT2D eigenvalue weighted by molar-refractivity contribution is -0.122. The van der Waals surface area contributed by atoms with Crippen molar-refractivity contribution in [2.45, 2.75) is 19.8 Å². The van der Waals surface area contributed by atoms with E-state index in [1.807, 2.05) is 6.92 Å². The van der Waals surface area contributed by atoms with E-state index in [2.05, 4.69) is 15.2 Å². The quantitative estimate of drug-likeness (QED) is 0.639. The first kappa shape index (κ1) is 22.8. The number of nitrogens with one attached hydrogen (secondary N) is 2. The molecule has 8 nitrogen and oxygen atoms in total. The minimum absolute atomic E-state index is 0.0327. The van der Waals surface area contributed by atoms with Crippen LogP contribution in [0.1, 0.15) is 39.3 Å². The molecule has 2 amide bonds. The van der Waals surface area contributed by atoms with E-state index in [-0.39, 0.29) is 24.1 Å². The molecular weight excluding hydrogens is 456 g/mol. The second kappa shape index (κ2) is 9.37. The first-order chi connectivity index (χ1) is 16.4. The number of ether oxygens (including phenoxy) is 1. The van der Waals surface area contributed by atoms with Crippen LogP contribution in [0.25, 0.3) is 11.6 Å². The molecule has 2 N–H and O–H groups in total. The number of hydrogen-bond donors (Lipinski definition) is 2. The molecule has 0 spiro atoms. The third-order valence-electron chi connectivity index (χ3n) is 6.65. The zero-order valence-electron chi connectivity index (χ0n) is 19.1. The zero-order valence-corrected chi connectivity index (χ0v) is 19.8. The Labute approximate surface area is 202 Å². The molecule has 178 valence electrons. The van der Waals surface area contributed by atoms with Gasteiger partial charge in [0.25, 0.3) is 11.8 Å². The lowest BCUT2D eigenvalue weighted by atomic mass is 10.0. The molecule has 1 aromatic carbocycles. The molecule has 0 aliphatic carbocycles. The number of rotatable bonds is 5. The topological polar surface area (TPSA) is 94.7 Å². The highest BCUT2D eigenvalue weighted by Crippen LogP contribution is 2.36. The number of anilines is 1. The molecule has 1 aromatic heterocycles. The Morgan fingerprint density at radius 1 is 1.18 bits per heavy atom. The number of aromatic amines is 1. The highest BCUT2D eigenvalue weighted by atomic mass is 35.5. The predicted octanol–water partition coefficient (Wildman–Crippen LogP) is 2.76. The largest absolute Gasteiger partial charge is 0.379 e. The molecule has 1 fully saturated rings. The number of ketones is 1. The molecule has 34 heavy (non-hydrogen) atoms. The van der Waals surface area contributed by atoms with E-state index < -0.39 is 0 Å². The van der Waals surface area contributed by atoms with Gasteiger partial charge in [-0.25, -0.2) is 0 Å². The van der Waals surface area contributed by atoms with Crippen molar-refractivity contribution < 1.29 is 19.1 Å². The summed E-state index contributed by atoms with van der Waals surface area (Å²) < 4.78 is 5.34. The number of fused-ring (bicyclic) bond motifs is 2. The maximum atomic E-state index is 13.4. The molecule has 3 aliphatic rings. The van der Waals surface area contributed by atoms with Gasteiger partial charge in [-0.1, -0.05) is 11.6 Å². The fourth-order valence-corrected chi connectivity index (χ4v) is 5.05. The van der Waals surface area contributed by atoms with E-state index in [0.29, 0.717) is 54.6 Å². The number of H-pyrrole nitrogens is 1. The fourth-order valence-electron chi connectivity index (χ4n) is 4.88. The van der Waals surface area contributed by atoms with Crippen molar-refractivity contribution in [1.82, 2.24) is 14.8 Å². The first-order valence-electron chi connectivity index (χ1n) is 11.6. The van der Waals surface area contributed by atoms with Gasteiger partial charge in [0.05, 0.1) is 37.4 Å². The van der Waals surface area contributed by atoms with Crippen molar-refractivity contribution >= 4 is 46.5 Å². The van der Waals surface area contributed by atoms with Crippen LogP contribution in [0, 0.1) is 6.92 Å². The molecular formula is C25H27ClN4O4. The number of benzene rings is 1. The van der Waals surface area contributed by atoms with Gasteiger partial charge in [-0.2, -0.15) is 0 Å². The molecule has 0 atom stereocenters. The number of halogens is 1. The van der Waals surface area contributed by atoms with Crippen molar-refractivity contribution in [3.8, 4) is 0 Å². The summed E-state index contributed by atoms with van der Waals surface area (Å²) in [4.78, 5) is 45.8. The fraction of sp³-hybridized carbons (Fsp3) is 0.400. The van der Waals surface area contributed by atoms with Gasteiger partial charge in [-0.05, 0) is 49.6 Å². The molecule has 0 saturated carbocycles. The van der Waals surface area contributed by atoms with E-state index >= 15 is 0 Å². The maximum Gasteiger partial charge on any atom is 0.256 e. The van der Waals surface area contributed by atoms with Crippen molar-refractivity contribution in [3.63, 3.8) is 0 Å². The molecule has 9 heteroatoms. The molecule has 5 rings (SSSR count). The Morgan fingerprint density at radius 2 is 1.97 bits per heavy atom. The summed E-state index contributed by atoms with van der Waals surface area (Å²) in [5, 5.41) is 3.40. The summed E-state index contributed by atoms with van der Waals surface area (Å²) in [5.41, 5.74) is 4.91. The Morgan fingerprint density at radius 3 is 2.76 bits per heavy atom. The summed E-state index contributed by atoms with van der Waals surface area (Å²) >= 11 is 6.15. The standard InChI is InChI=1S/C25H27ClN4O4/c1-15-22(12-19-18-11-16(26)4-5-20(18)28-24(19)32)27-21-3-2-6-30(25(33)23(15)21)14-17(31)13-29-7-9-34-10-8-29/h4-5,11-12,27H,2-3,6-10,13-14H2,1H3,(H,28,32)/b19-12-. The summed E-state index contributed by atoms with van der Waals surface area (Å²) in [6.07, 6.45) is 3.24. The van der Waals surface area contributed by atoms with Gasteiger partial charge in [-0.3, -0.25) is 19.3 Å². The maximum absolute atomic E-state index is 13.4.